The molecule has 0 saturated heterocycles. The average Bonchev–Trinajstić information content (AvgIpc) is 2.20. The molecule has 0 aliphatic heterocycles. The van der Waals surface area contributed by atoms with Gasteiger partial charge in [0.2, 0.25) is 0 Å². The number of rotatable bonds is 2. The Morgan fingerprint density at radius 1 is 1.33 bits per heavy atom. The molecule has 1 nitrogen and oxygen atoms in total. The second kappa shape index (κ2) is 4.15. The number of hydrogen-bond donors (Lipinski definition) is 0. The molecule has 0 atom stereocenters. The summed E-state index contributed by atoms with van der Waals surface area (Å²) in [5, 5.41) is 1.33. The summed E-state index contributed by atoms with van der Waals surface area (Å²) in [4.78, 5) is 4.23. The van der Waals surface area contributed by atoms with E-state index in [9.17, 15) is 4.39 Å². The van der Waals surface area contributed by atoms with E-state index in [-0.39, 0.29) is 5.82 Å². The second-order valence-corrected chi connectivity index (χ2v) is 3.88. The fraction of sp³-hybridized carbons (Fsp3) is 0.250. The first kappa shape index (κ1) is 10.4. The van der Waals surface area contributed by atoms with Gasteiger partial charge in [0, 0.05) is 5.39 Å². The van der Waals surface area contributed by atoms with E-state index in [1.54, 1.807) is 6.07 Å². The van der Waals surface area contributed by atoms with E-state index in [1.807, 2.05) is 6.07 Å². The third-order valence-corrected chi connectivity index (χ3v) is 2.65. The van der Waals surface area contributed by atoms with Gasteiger partial charge in [-0.05, 0) is 36.2 Å². The van der Waals surface area contributed by atoms with E-state index >= 15 is 0 Å². The van der Waals surface area contributed by atoms with Crippen LogP contribution in [0.15, 0.2) is 24.3 Å². The molecule has 0 amide bonds. The van der Waals surface area contributed by atoms with E-state index in [1.165, 1.54) is 12.1 Å². The van der Waals surface area contributed by atoms with Crippen LogP contribution in [0.4, 0.5) is 4.39 Å². The lowest BCUT2D eigenvalue weighted by Gasteiger charge is -2.04. The van der Waals surface area contributed by atoms with Gasteiger partial charge in [0.15, 0.2) is 0 Å². The molecule has 1 aromatic carbocycles. The molecule has 0 aliphatic carbocycles. The van der Waals surface area contributed by atoms with Gasteiger partial charge < -0.3 is 0 Å². The summed E-state index contributed by atoms with van der Waals surface area (Å²) in [6.45, 7) is 2.08. The smallest absolute Gasteiger partial charge is 0.132 e. The molecular formula is C12H11ClFN. The fourth-order valence-electron chi connectivity index (χ4n) is 1.61. The predicted molar refractivity (Wildman–Crippen MR) is 60.7 cm³/mol. The fourth-order valence-corrected chi connectivity index (χ4v) is 1.85. The normalized spacial score (nSPS) is 10.9. The van der Waals surface area contributed by atoms with Gasteiger partial charge in [-0.25, -0.2) is 9.37 Å². The van der Waals surface area contributed by atoms with Crippen LogP contribution < -0.4 is 0 Å². The quantitative estimate of drug-likeness (QED) is 0.702. The SMILES string of the molecule is CCCc1cc2cc(F)ccc2nc1Cl. The third kappa shape index (κ3) is 2.10. The molecule has 0 aliphatic rings. The zero-order chi connectivity index (χ0) is 10.8. The summed E-state index contributed by atoms with van der Waals surface area (Å²) in [7, 11) is 0. The summed E-state index contributed by atoms with van der Waals surface area (Å²) in [6, 6.07) is 6.44. The van der Waals surface area contributed by atoms with Crippen molar-refractivity contribution in [1.82, 2.24) is 4.98 Å². The van der Waals surface area contributed by atoms with Gasteiger partial charge >= 0.3 is 0 Å². The van der Waals surface area contributed by atoms with Crippen molar-refractivity contribution in [3.8, 4) is 0 Å². The van der Waals surface area contributed by atoms with Gasteiger partial charge in [-0.2, -0.15) is 0 Å². The molecule has 0 bridgehead atoms. The summed E-state index contributed by atoms with van der Waals surface area (Å²) < 4.78 is 13.0. The average molecular weight is 224 g/mol. The van der Waals surface area contributed by atoms with Crippen molar-refractivity contribution < 1.29 is 4.39 Å². The number of fused-ring (bicyclic) bond motifs is 1. The molecule has 0 saturated carbocycles. The van der Waals surface area contributed by atoms with Crippen molar-refractivity contribution in [2.24, 2.45) is 0 Å². The molecule has 2 rings (SSSR count). The zero-order valence-electron chi connectivity index (χ0n) is 8.43. The topological polar surface area (TPSA) is 12.9 Å². The molecule has 2 aromatic rings. The van der Waals surface area contributed by atoms with Gasteiger partial charge in [-0.15, -0.1) is 0 Å². The highest BCUT2D eigenvalue weighted by molar-refractivity contribution is 6.30. The zero-order valence-corrected chi connectivity index (χ0v) is 9.18. The van der Waals surface area contributed by atoms with Crippen molar-refractivity contribution in [3.63, 3.8) is 0 Å². The first-order valence-corrected chi connectivity index (χ1v) is 5.33. The lowest BCUT2D eigenvalue weighted by Crippen LogP contribution is -1.90. The number of pyridine rings is 1. The molecule has 0 N–H and O–H groups in total. The van der Waals surface area contributed by atoms with E-state index in [0.717, 1.165) is 29.3 Å². The van der Waals surface area contributed by atoms with E-state index < -0.39 is 0 Å². The van der Waals surface area contributed by atoms with Crippen LogP contribution in [-0.4, -0.2) is 4.98 Å². The van der Waals surface area contributed by atoms with E-state index in [4.69, 9.17) is 11.6 Å². The van der Waals surface area contributed by atoms with Crippen molar-refractivity contribution in [2.45, 2.75) is 19.8 Å². The Labute approximate surface area is 92.9 Å². The standard InChI is InChI=1S/C12H11ClFN/c1-2-3-8-6-9-7-10(14)4-5-11(9)15-12(8)13/h4-7H,2-3H2,1H3. The van der Waals surface area contributed by atoms with Gasteiger partial charge in [-0.3, -0.25) is 0 Å². The van der Waals surface area contributed by atoms with Gasteiger partial charge in [0.25, 0.3) is 0 Å². The predicted octanol–water partition coefficient (Wildman–Crippen LogP) is 3.98. The number of hydrogen-bond acceptors (Lipinski definition) is 1. The van der Waals surface area contributed by atoms with Crippen LogP contribution in [0.1, 0.15) is 18.9 Å². The van der Waals surface area contributed by atoms with Crippen LogP contribution in [0.2, 0.25) is 5.15 Å². The minimum absolute atomic E-state index is 0.242. The largest absolute Gasteiger partial charge is 0.236 e. The van der Waals surface area contributed by atoms with Crippen LogP contribution in [-0.2, 0) is 6.42 Å². The maximum Gasteiger partial charge on any atom is 0.132 e. The number of benzene rings is 1. The maximum atomic E-state index is 13.0. The molecular weight excluding hydrogens is 213 g/mol. The molecule has 0 radical (unpaired) electrons. The first-order valence-electron chi connectivity index (χ1n) is 4.95. The summed E-state index contributed by atoms with van der Waals surface area (Å²) in [6.07, 6.45) is 1.88. The first-order chi connectivity index (χ1) is 7.20. The highest BCUT2D eigenvalue weighted by atomic mass is 35.5. The molecule has 0 spiro atoms. The molecule has 1 aromatic heterocycles. The molecule has 78 valence electrons. The van der Waals surface area contributed by atoms with E-state index in [0.29, 0.717) is 5.15 Å². The monoisotopic (exact) mass is 223 g/mol. The molecule has 3 heteroatoms. The maximum absolute atomic E-state index is 13.0. The molecule has 1 heterocycles. The Balaban J connectivity index is 2.61. The highest BCUT2D eigenvalue weighted by Gasteiger charge is 2.04. The Morgan fingerprint density at radius 2 is 2.13 bits per heavy atom. The summed E-state index contributed by atoms with van der Waals surface area (Å²) in [5.74, 6) is -0.242. The van der Waals surface area contributed by atoms with Crippen LogP contribution >= 0.6 is 11.6 Å². The minimum Gasteiger partial charge on any atom is -0.236 e. The second-order valence-electron chi connectivity index (χ2n) is 3.53. The Morgan fingerprint density at radius 3 is 2.87 bits per heavy atom. The number of halogens is 2. The van der Waals surface area contributed by atoms with Crippen LogP contribution in [0.25, 0.3) is 10.9 Å². The highest BCUT2D eigenvalue weighted by Crippen LogP contribution is 2.22. The van der Waals surface area contributed by atoms with Gasteiger partial charge in [0.1, 0.15) is 11.0 Å². The minimum atomic E-state index is -0.242. The number of aromatic nitrogens is 1. The number of nitrogens with zero attached hydrogens (tertiary/aromatic N) is 1. The number of aryl methyl sites for hydroxylation is 1. The summed E-state index contributed by atoms with van der Waals surface area (Å²) in [5.41, 5.74) is 1.72. The molecule has 0 fully saturated rings. The molecule has 0 unspecified atom stereocenters. The molecule has 15 heavy (non-hydrogen) atoms. The van der Waals surface area contributed by atoms with Crippen molar-refractivity contribution in [2.75, 3.05) is 0 Å². The van der Waals surface area contributed by atoms with Gasteiger partial charge in [0.05, 0.1) is 5.52 Å². The Kier molecular flexibility index (Phi) is 2.87. The van der Waals surface area contributed by atoms with E-state index in [2.05, 4.69) is 11.9 Å². The van der Waals surface area contributed by atoms with Crippen molar-refractivity contribution >= 4 is 22.5 Å². The van der Waals surface area contributed by atoms with Crippen LogP contribution in [0.5, 0.6) is 0 Å². The van der Waals surface area contributed by atoms with Crippen molar-refractivity contribution in [1.29, 1.82) is 0 Å². The van der Waals surface area contributed by atoms with Crippen LogP contribution in [0, 0.1) is 5.82 Å². The lowest BCUT2D eigenvalue weighted by molar-refractivity contribution is 0.629. The Hall–Kier alpha value is -1.15. The summed E-state index contributed by atoms with van der Waals surface area (Å²) >= 11 is 6.02. The Bertz CT molecular complexity index is 496. The third-order valence-electron chi connectivity index (χ3n) is 2.32. The van der Waals surface area contributed by atoms with Gasteiger partial charge in [-0.1, -0.05) is 24.9 Å². The van der Waals surface area contributed by atoms with Crippen LogP contribution in [0.3, 0.4) is 0 Å². The lowest BCUT2D eigenvalue weighted by atomic mass is 10.1. The van der Waals surface area contributed by atoms with Crippen molar-refractivity contribution in [3.05, 3.63) is 40.8 Å².